The van der Waals surface area contributed by atoms with Gasteiger partial charge in [0.1, 0.15) is 17.7 Å². The molecule has 0 aromatic carbocycles. The Labute approximate surface area is 121 Å². The molecule has 0 radical (unpaired) electrons. The first kappa shape index (κ1) is 13.1. The predicted octanol–water partition coefficient (Wildman–Crippen LogP) is 2.39. The van der Waals surface area contributed by atoms with Gasteiger partial charge in [-0.25, -0.2) is 9.97 Å². The molecule has 0 aliphatic carbocycles. The quantitative estimate of drug-likeness (QED) is 0.692. The van der Waals surface area contributed by atoms with Crippen LogP contribution < -0.4 is 0 Å². The summed E-state index contributed by atoms with van der Waals surface area (Å²) >= 11 is 6.24. The molecule has 0 aliphatic rings. The minimum atomic E-state index is -0.192. The number of rotatable bonds is 4. The smallest absolute Gasteiger partial charge is 0.160 e. The second kappa shape index (κ2) is 5.20. The van der Waals surface area contributed by atoms with E-state index in [0.29, 0.717) is 6.54 Å². The monoisotopic (exact) mass is 290 g/mol. The van der Waals surface area contributed by atoms with Gasteiger partial charge in [0.25, 0.3) is 0 Å². The first-order valence-electron chi connectivity index (χ1n) is 6.52. The van der Waals surface area contributed by atoms with E-state index >= 15 is 0 Å². The normalized spacial score (nSPS) is 12.9. The Kier molecular flexibility index (Phi) is 3.40. The fraction of sp³-hybridized carbons (Fsp3) is 0.385. The Hall–Kier alpha value is -1.95. The summed E-state index contributed by atoms with van der Waals surface area (Å²) in [7, 11) is 0. The maximum atomic E-state index is 6.24. The molecule has 0 bridgehead atoms. The number of hydrogen-bond acceptors (Lipinski definition) is 4. The van der Waals surface area contributed by atoms with E-state index < -0.39 is 0 Å². The van der Waals surface area contributed by atoms with E-state index in [2.05, 4.69) is 27.1 Å². The van der Waals surface area contributed by atoms with Crippen LogP contribution in [0, 0.1) is 0 Å². The van der Waals surface area contributed by atoms with Crippen LogP contribution in [-0.4, -0.2) is 29.3 Å². The van der Waals surface area contributed by atoms with Crippen molar-refractivity contribution >= 4 is 22.8 Å². The van der Waals surface area contributed by atoms with Crippen molar-refractivity contribution in [3.8, 4) is 0 Å². The second-order valence-corrected chi connectivity index (χ2v) is 5.21. The van der Waals surface area contributed by atoms with Gasteiger partial charge in [0, 0.05) is 12.7 Å². The lowest BCUT2D eigenvalue weighted by molar-refractivity contribution is 0.637. The number of nitrogens with zero attached hydrogens (tertiary/aromatic N) is 6. The summed E-state index contributed by atoms with van der Waals surface area (Å²) in [6.45, 7) is 5.36. The summed E-state index contributed by atoms with van der Waals surface area (Å²) in [6, 6.07) is 3.81. The Morgan fingerprint density at radius 2 is 2.25 bits per heavy atom. The maximum absolute atomic E-state index is 6.24. The van der Waals surface area contributed by atoms with Crippen LogP contribution in [0.2, 0.25) is 0 Å². The number of halogens is 1. The van der Waals surface area contributed by atoms with Crippen LogP contribution in [0.1, 0.15) is 30.9 Å². The van der Waals surface area contributed by atoms with Crippen molar-refractivity contribution in [3.63, 3.8) is 0 Å². The van der Waals surface area contributed by atoms with Gasteiger partial charge in [-0.05, 0) is 26.0 Å². The van der Waals surface area contributed by atoms with Gasteiger partial charge in [-0.3, -0.25) is 0 Å². The molecule has 0 fully saturated rings. The molecule has 0 spiro atoms. The standard InChI is InChI=1S/C13H15ClN6/c1-3-19-8-16-18-11(19)7-20-12(9(2)14)17-10-5-4-6-15-13(10)20/h4-6,8-9H,3,7H2,1-2H3. The highest BCUT2D eigenvalue weighted by Crippen LogP contribution is 2.23. The maximum Gasteiger partial charge on any atom is 0.160 e. The first-order valence-corrected chi connectivity index (χ1v) is 6.96. The Morgan fingerprint density at radius 1 is 1.40 bits per heavy atom. The zero-order valence-corrected chi connectivity index (χ0v) is 12.1. The SMILES string of the molecule is CCn1cnnc1Cn1c(C(C)Cl)nc2cccnc21. The molecule has 0 aliphatic heterocycles. The number of alkyl halides is 1. The molecule has 0 saturated heterocycles. The Morgan fingerprint density at radius 3 is 3.00 bits per heavy atom. The molecule has 7 heteroatoms. The summed E-state index contributed by atoms with van der Waals surface area (Å²) in [5.74, 6) is 1.67. The van der Waals surface area contributed by atoms with Crippen molar-refractivity contribution in [2.24, 2.45) is 0 Å². The molecule has 20 heavy (non-hydrogen) atoms. The molecule has 3 aromatic rings. The van der Waals surface area contributed by atoms with Crippen LogP contribution in [0.25, 0.3) is 11.2 Å². The van der Waals surface area contributed by atoms with Gasteiger partial charge in [0.2, 0.25) is 0 Å². The van der Waals surface area contributed by atoms with Crippen molar-refractivity contribution in [1.82, 2.24) is 29.3 Å². The predicted molar refractivity (Wildman–Crippen MR) is 76.6 cm³/mol. The molecule has 3 heterocycles. The molecule has 6 nitrogen and oxygen atoms in total. The largest absolute Gasteiger partial charge is 0.316 e. The zero-order chi connectivity index (χ0) is 14.1. The van der Waals surface area contributed by atoms with Crippen molar-refractivity contribution < 1.29 is 0 Å². The van der Waals surface area contributed by atoms with E-state index in [9.17, 15) is 0 Å². The van der Waals surface area contributed by atoms with Gasteiger partial charge in [0.05, 0.1) is 11.9 Å². The van der Waals surface area contributed by atoms with Gasteiger partial charge >= 0.3 is 0 Å². The third-order valence-electron chi connectivity index (χ3n) is 3.23. The number of aryl methyl sites for hydroxylation is 1. The third-order valence-corrected chi connectivity index (χ3v) is 3.42. The Balaban J connectivity index is 2.12. The molecule has 3 rings (SSSR count). The molecule has 1 atom stereocenters. The number of imidazole rings is 1. The summed E-state index contributed by atoms with van der Waals surface area (Å²) in [5.41, 5.74) is 1.67. The van der Waals surface area contributed by atoms with E-state index in [1.807, 2.05) is 28.2 Å². The van der Waals surface area contributed by atoms with E-state index in [0.717, 1.165) is 29.4 Å². The highest BCUT2D eigenvalue weighted by Gasteiger charge is 2.17. The van der Waals surface area contributed by atoms with Gasteiger partial charge < -0.3 is 9.13 Å². The second-order valence-electron chi connectivity index (χ2n) is 4.55. The molecule has 0 amide bonds. The van der Waals surface area contributed by atoms with Crippen LogP contribution in [0.3, 0.4) is 0 Å². The van der Waals surface area contributed by atoms with Gasteiger partial charge in [-0.2, -0.15) is 0 Å². The summed E-state index contributed by atoms with van der Waals surface area (Å²) in [5, 5.41) is 7.92. The average Bonchev–Trinajstić information content (AvgIpc) is 3.04. The van der Waals surface area contributed by atoms with Crippen LogP contribution in [0.4, 0.5) is 0 Å². The van der Waals surface area contributed by atoms with Gasteiger partial charge in [0.15, 0.2) is 11.5 Å². The molecule has 1 unspecified atom stereocenters. The third kappa shape index (κ3) is 2.16. The summed E-state index contributed by atoms with van der Waals surface area (Å²) < 4.78 is 4.00. The van der Waals surface area contributed by atoms with E-state index in [1.54, 1.807) is 12.5 Å². The molecule has 0 N–H and O–H groups in total. The molecular formula is C13H15ClN6. The highest BCUT2D eigenvalue weighted by molar-refractivity contribution is 6.20. The summed E-state index contributed by atoms with van der Waals surface area (Å²) in [6.07, 6.45) is 3.49. The van der Waals surface area contributed by atoms with Crippen molar-refractivity contribution in [2.45, 2.75) is 32.3 Å². The zero-order valence-electron chi connectivity index (χ0n) is 11.4. The Bertz CT molecular complexity index is 729. The molecule has 104 valence electrons. The lowest BCUT2D eigenvalue weighted by Gasteiger charge is -2.10. The minimum Gasteiger partial charge on any atom is -0.316 e. The molecular weight excluding hydrogens is 276 g/mol. The first-order chi connectivity index (χ1) is 9.70. The summed E-state index contributed by atoms with van der Waals surface area (Å²) in [4.78, 5) is 8.96. The van der Waals surface area contributed by atoms with Crippen LogP contribution in [-0.2, 0) is 13.1 Å². The highest BCUT2D eigenvalue weighted by atomic mass is 35.5. The van der Waals surface area contributed by atoms with Crippen LogP contribution >= 0.6 is 11.6 Å². The van der Waals surface area contributed by atoms with E-state index in [4.69, 9.17) is 11.6 Å². The van der Waals surface area contributed by atoms with Crippen molar-refractivity contribution in [2.75, 3.05) is 0 Å². The van der Waals surface area contributed by atoms with Crippen LogP contribution in [0.15, 0.2) is 24.7 Å². The van der Waals surface area contributed by atoms with Gasteiger partial charge in [-0.15, -0.1) is 21.8 Å². The fourth-order valence-corrected chi connectivity index (χ4v) is 2.41. The van der Waals surface area contributed by atoms with Crippen molar-refractivity contribution in [1.29, 1.82) is 0 Å². The number of hydrogen-bond donors (Lipinski definition) is 0. The number of aromatic nitrogens is 6. The lowest BCUT2D eigenvalue weighted by atomic mass is 10.4. The number of pyridine rings is 1. The fourth-order valence-electron chi connectivity index (χ4n) is 2.24. The van der Waals surface area contributed by atoms with E-state index in [-0.39, 0.29) is 5.38 Å². The minimum absolute atomic E-state index is 0.192. The lowest BCUT2D eigenvalue weighted by Crippen LogP contribution is -2.11. The van der Waals surface area contributed by atoms with Crippen molar-refractivity contribution in [3.05, 3.63) is 36.3 Å². The molecule has 3 aromatic heterocycles. The number of fused-ring (bicyclic) bond motifs is 1. The van der Waals surface area contributed by atoms with Crippen LogP contribution in [0.5, 0.6) is 0 Å². The molecule has 0 saturated carbocycles. The van der Waals surface area contributed by atoms with Gasteiger partial charge in [-0.1, -0.05) is 0 Å². The van der Waals surface area contributed by atoms with E-state index in [1.165, 1.54) is 0 Å². The average molecular weight is 291 g/mol. The topological polar surface area (TPSA) is 61.4 Å².